The Labute approximate surface area is 92.7 Å². The summed E-state index contributed by atoms with van der Waals surface area (Å²) in [5, 5.41) is 9.26. The minimum atomic E-state index is 0.293. The van der Waals surface area contributed by atoms with Crippen molar-refractivity contribution >= 4 is 11.6 Å². The fraction of sp³-hybridized carbons (Fsp3) is 0.400. The van der Waals surface area contributed by atoms with E-state index in [0.29, 0.717) is 30.5 Å². The molecule has 0 aliphatic carbocycles. The first-order chi connectivity index (χ1) is 7.24. The minimum absolute atomic E-state index is 0.293. The Kier molecular flexibility index (Phi) is 3.00. The maximum absolute atomic E-state index is 8.69. The molecule has 0 atom stereocenters. The van der Waals surface area contributed by atoms with Crippen LogP contribution < -0.4 is 15.0 Å². The van der Waals surface area contributed by atoms with Gasteiger partial charge < -0.3 is 14.7 Å². The van der Waals surface area contributed by atoms with Gasteiger partial charge in [0.25, 0.3) is 0 Å². The lowest BCUT2D eigenvalue weighted by atomic mass is 10.1. The normalized spacial score (nSPS) is 14.1. The van der Waals surface area contributed by atoms with E-state index in [0.717, 1.165) is 16.9 Å². The maximum atomic E-state index is 8.69. The van der Waals surface area contributed by atoms with Gasteiger partial charge in [-0.1, -0.05) is 11.6 Å². The average Bonchev–Trinajstić information content (AvgIpc) is 2.24. The molecule has 0 saturated carbocycles. The van der Waals surface area contributed by atoms with E-state index in [1.165, 1.54) is 0 Å². The van der Waals surface area contributed by atoms with Crippen molar-refractivity contribution in [3.63, 3.8) is 0 Å². The molecule has 1 aromatic carbocycles. The Hall–Kier alpha value is -0.970. The average molecular weight is 230 g/mol. The van der Waals surface area contributed by atoms with Crippen LogP contribution in [0.3, 0.4) is 0 Å². The Morgan fingerprint density at radius 1 is 1.47 bits per heavy atom. The maximum Gasteiger partial charge on any atom is 0.164 e. The van der Waals surface area contributed by atoms with Crippen LogP contribution in [0.4, 0.5) is 0 Å². The van der Waals surface area contributed by atoms with Gasteiger partial charge in [0.2, 0.25) is 0 Å². The van der Waals surface area contributed by atoms with Gasteiger partial charge in [-0.15, -0.1) is 0 Å². The summed E-state index contributed by atoms with van der Waals surface area (Å²) in [5.74, 6) is 1.39. The number of halogens is 1. The zero-order chi connectivity index (χ0) is 10.8. The predicted molar refractivity (Wildman–Crippen MR) is 55.8 cm³/mol. The van der Waals surface area contributed by atoms with Gasteiger partial charge >= 0.3 is 0 Å². The van der Waals surface area contributed by atoms with E-state index < -0.39 is 0 Å². The fourth-order valence-corrected chi connectivity index (χ4v) is 1.95. The summed E-state index contributed by atoms with van der Waals surface area (Å²) in [6, 6.07) is 1.72. The highest BCUT2D eigenvalue weighted by Gasteiger charge is 2.19. The van der Waals surface area contributed by atoms with Crippen molar-refractivity contribution in [2.45, 2.75) is 13.5 Å². The molecule has 0 spiro atoms. The Balaban J connectivity index is 2.49. The van der Waals surface area contributed by atoms with Crippen LogP contribution in [0.15, 0.2) is 6.07 Å². The Morgan fingerprint density at radius 2 is 2.20 bits per heavy atom. The van der Waals surface area contributed by atoms with Crippen LogP contribution in [0.2, 0.25) is 5.02 Å². The molecular formula is C10H12ClNO3. The molecule has 0 saturated heterocycles. The van der Waals surface area contributed by atoms with Gasteiger partial charge in [0.1, 0.15) is 13.2 Å². The summed E-state index contributed by atoms with van der Waals surface area (Å²) in [4.78, 5) is 0. The van der Waals surface area contributed by atoms with Crippen LogP contribution in [0, 0.1) is 6.92 Å². The zero-order valence-corrected chi connectivity index (χ0v) is 9.10. The van der Waals surface area contributed by atoms with Crippen molar-refractivity contribution < 1.29 is 14.7 Å². The predicted octanol–water partition coefficient (Wildman–Crippen LogP) is 1.90. The summed E-state index contributed by atoms with van der Waals surface area (Å²) in [7, 11) is 0. The van der Waals surface area contributed by atoms with Crippen molar-refractivity contribution in [3.05, 3.63) is 22.2 Å². The van der Waals surface area contributed by atoms with Crippen LogP contribution in [0.25, 0.3) is 0 Å². The molecule has 1 aliphatic rings. The first kappa shape index (κ1) is 10.5. The molecule has 0 aromatic heterocycles. The highest BCUT2D eigenvalue weighted by atomic mass is 35.5. The van der Waals surface area contributed by atoms with Gasteiger partial charge in [-0.05, 0) is 12.5 Å². The monoisotopic (exact) mass is 229 g/mol. The van der Waals surface area contributed by atoms with Crippen LogP contribution in [0.1, 0.15) is 11.1 Å². The Bertz CT molecular complexity index is 381. The molecule has 4 nitrogen and oxygen atoms in total. The van der Waals surface area contributed by atoms with Crippen LogP contribution in [-0.2, 0) is 6.54 Å². The first-order valence-electron chi connectivity index (χ1n) is 4.68. The van der Waals surface area contributed by atoms with E-state index >= 15 is 0 Å². The number of rotatable bonds is 2. The topological polar surface area (TPSA) is 50.7 Å². The lowest BCUT2D eigenvalue weighted by Crippen LogP contribution is -2.18. The number of hydrogen-bond acceptors (Lipinski definition) is 4. The second-order valence-electron chi connectivity index (χ2n) is 3.32. The fourth-order valence-electron chi connectivity index (χ4n) is 1.65. The number of hydrogen-bond donors (Lipinski definition) is 2. The summed E-state index contributed by atoms with van der Waals surface area (Å²) < 4.78 is 10.9. The molecule has 2 N–H and O–H groups in total. The van der Waals surface area contributed by atoms with Crippen molar-refractivity contribution in [1.29, 1.82) is 0 Å². The second-order valence-corrected chi connectivity index (χ2v) is 3.73. The quantitative estimate of drug-likeness (QED) is 0.761. The first-order valence-corrected chi connectivity index (χ1v) is 5.06. The summed E-state index contributed by atoms with van der Waals surface area (Å²) in [6.45, 7) is 3.27. The molecular weight excluding hydrogens is 218 g/mol. The van der Waals surface area contributed by atoms with Crippen molar-refractivity contribution in [2.75, 3.05) is 13.2 Å². The lowest BCUT2D eigenvalue weighted by Gasteiger charge is -2.22. The molecule has 0 bridgehead atoms. The molecule has 0 fully saturated rings. The van der Waals surface area contributed by atoms with Gasteiger partial charge in [0.15, 0.2) is 11.5 Å². The van der Waals surface area contributed by atoms with Gasteiger partial charge in [-0.25, -0.2) is 5.48 Å². The molecule has 0 amide bonds. The molecule has 0 radical (unpaired) electrons. The van der Waals surface area contributed by atoms with Gasteiger partial charge in [-0.3, -0.25) is 0 Å². The number of fused-ring (bicyclic) bond motifs is 1. The number of ether oxygens (including phenoxy) is 2. The van der Waals surface area contributed by atoms with Crippen LogP contribution >= 0.6 is 11.6 Å². The molecule has 2 rings (SSSR count). The molecule has 1 aliphatic heterocycles. The molecule has 1 aromatic rings. The van der Waals surface area contributed by atoms with E-state index in [4.69, 9.17) is 26.3 Å². The smallest absolute Gasteiger partial charge is 0.164 e. The highest BCUT2D eigenvalue weighted by Crippen LogP contribution is 2.39. The number of benzene rings is 1. The largest absolute Gasteiger partial charge is 0.486 e. The summed E-state index contributed by atoms with van der Waals surface area (Å²) >= 11 is 6.06. The van der Waals surface area contributed by atoms with Crippen molar-refractivity contribution in [3.8, 4) is 11.5 Å². The molecule has 1 heterocycles. The number of hydroxylamine groups is 1. The molecule has 15 heavy (non-hydrogen) atoms. The van der Waals surface area contributed by atoms with E-state index in [2.05, 4.69) is 5.48 Å². The third kappa shape index (κ3) is 1.88. The van der Waals surface area contributed by atoms with E-state index in [-0.39, 0.29) is 0 Å². The zero-order valence-electron chi connectivity index (χ0n) is 8.34. The van der Waals surface area contributed by atoms with Gasteiger partial charge in [-0.2, -0.15) is 0 Å². The molecule has 0 unspecified atom stereocenters. The van der Waals surface area contributed by atoms with Gasteiger partial charge in [0, 0.05) is 23.2 Å². The third-order valence-electron chi connectivity index (χ3n) is 2.41. The molecule has 82 valence electrons. The summed E-state index contributed by atoms with van der Waals surface area (Å²) in [6.07, 6.45) is 0. The lowest BCUT2D eigenvalue weighted by molar-refractivity contribution is 0.158. The Morgan fingerprint density at radius 3 is 2.93 bits per heavy atom. The summed E-state index contributed by atoms with van der Waals surface area (Å²) in [5.41, 5.74) is 3.82. The minimum Gasteiger partial charge on any atom is -0.486 e. The van der Waals surface area contributed by atoms with Crippen LogP contribution in [0.5, 0.6) is 11.5 Å². The third-order valence-corrected chi connectivity index (χ3v) is 2.74. The second kappa shape index (κ2) is 4.26. The SMILES string of the molecule is Cc1c(CNO)c(Cl)cc2c1OCCO2. The van der Waals surface area contributed by atoms with Crippen molar-refractivity contribution in [1.82, 2.24) is 5.48 Å². The highest BCUT2D eigenvalue weighted by molar-refractivity contribution is 6.31. The van der Waals surface area contributed by atoms with E-state index in [9.17, 15) is 0 Å². The van der Waals surface area contributed by atoms with Crippen LogP contribution in [-0.4, -0.2) is 18.4 Å². The van der Waals surface area contributed by atoms with E-state index in [1.54, 1.807) is 6.07 Å². The number of nitrogens with one attached hydrogen (secondary N) is 1. The van der Waals surface area contributed by atoms with E-state index in [1.807, 2.05) is 6.92 Å². The van der Waals surface area contributed by atoms with Gasteiger partial charge in [0.05, 0.1) is 0 Å². The van der Waals surface area contributed by atoms with Crippen molar-refractivity contribution in [2.24, 2.45) is 0 Å². The molecule has 5 heteroatoms. The standard InChI is InChI=1S/C10H12ClNO3/c1-6-7(5-12-13)8(11)4-9-10(6)15-3-2-14-9/h4,12-13H,2-3,5H2,1H3.